The lowest BCUT2D eigenvalue weighted by Crippen LogP contribution is -2.39. The summed E-state index contributed by atoms with van der Waals surface area (Å²) in [7, 11) is 1.67. The summed E-state index contributed by atoms with van der Waals surface area (Å²) in [6, 6.07) is 3.55. The second kappa shape index (κ2) is 6.40. The van der Waals surface area contributed by atoms with Gasteiger partial charge in [-0.15, -0.1) is 0 Å². The van der Waals surface area contributed by atoms with Crippen LogP contribution in [0.1, 0.15) is 23.6 Å². The van der Waals surface area contributed by atoms with Crippen LogP contribution >= 0.6 is 0 Å². The van der Waals surface area contributed by atoms with E-state index in [0.29, 0.717) is 6.54 Å². The fourth-order valence-electron chi connectivity index (χ4n) is 1.83. The Morgan fingerprint density at radius 1 is 1.39 bits per heavy atom. The molecule has 0 fully saturated rings. The maximum absolute atomic E-state index is 11.3. The highest BCUT2D eigenvalue weighted by atomic mass is 16.5. The highest BCUT2D eigenvalue weighted by molar-refractivity contribution is 5.80. The Bertz CT molecular complexity index is 428. The molecule has 0 aliphatic heterocycles. The third-order valence-corrected chi connectivity index (χ3v) is 3.18. The van der Waals surface area contributed by atoms with Crippen molar-refractivity contribution in [1.82, 2.24) is 5.32 Å². The zero-order valence-corrected chi connectivity index (χ0v) is 11.5. The SMILES string of the molecule is COc1ccc(CCNC(=O)C(C)N)c(C)c1C. The lowest BCUT2D eigenvalue weighted by Gasteiger charge is -2.13. The maximum Gasteiger partial charge on any atom is 0.236 e. The van der Waals surface area contributed by atoms with Crippen molar-refractivity contribution in [3.63, 3.8) is 0 Å². The van der Waals surface area contributed by atoms with Gasteiger partial charge in [-0.2, -0.15) is 0 Å². The number of hydrogen-bond acceptors (Lipinski definition) is 3. The number of carbonyl (C=O) groups is 1. The van der Waals surface area contributed by atoms with E-state index in [4.69, 9.17) is 10.5 Å². The van der Waals surface area contributed by atoms with Crippen molar-refractivity contribution >= 4 is 5.91 Å². The van der Waals surface area contributed by atoms with Gasteiger partial charge >= 0.3 is 0 Å². The van der Waals surface area contributed by atoms with Crippen LogP contribution in [0.3, 0.4) is 0 Å². The van der Waals surface area contributed by atoms with E-state index in [0.717, 1.165) is 17.7 Å². The van der Waals surface area contributed by atoms with Gasteiger partial charge in [0.15, 0.2) is 0 Å². The number of ether oxygens (including phenoxy) is 1. The topological polar surface area (TPSA) is 64.3 Å². The van der Waals surface area contributed by atoms with Gasteiger partial charge in [0, 0.05) is 6.54 Å². The Morgan fingerprint density at radius 2 is 2.06 bits per heavy atom. The van der Waals surface area contributed by atoms with Crippen molar-refractivity contribution in [2.45, 2.75) is 33.2 Å². The summed E-state index contributed by atoms with van der Waals surface area (Å²) in [6.07, 6.45) is 0.801. The quantitative estimate of drug-likeness (QED) is 0.828. The molecule has 0 spiro atoms. The summed E-state index contributed by atoms with van der Waals surface area (Å²) in [5.41, 5.74) is 9.06. The highest BCUT2D eigenvalue weighted by Crippen LogP contribution is 2.23. The number of methoxy groups -OCH3 is 1. The molecular weight excluding hydrogens is 228 g/mol. The molecule has 4 heteroatoms. The van der Waals surface area contributed by atoms with E-state index in [1.807, 2.05) is 19.1 Å². The van der Waals surface area contributed by atoms with Crippen molar-refractivity contribution in [2.75, 3.05) is 13.7 Å². The predicted molar refractivity (Wildman–Crippen MR) is 72.8 cm³/mol. The first-order chi connectivity index (χ1) is 8.47. The summed E-state index contributed by atoms with van der Waals surface area (Å²) in [4.78, 5) is 11.3. The molecule has 1 amide bonds. The van der Waals surface area contributed by atoms with Gasteiger partial charge < -0.3 is 15.8 Å². The van der Waals surface area contributed by atoms with Crippen molar-refractivity contribution < 1.29 is 9.53 Å². The Kier molecular flexibility index (Phi) is 5.16. The molecule has 0 saturated carbocycles. The summed E-state index contributed by atoms with van der Waals surface area (Å²) >= 11 is 0. The molecule has 100 valence electrons. The monoisotopic (exact) mass is 250 g/mol. The molecule has 0 saturated heterocycles. The van der Waals surface area contributed by atoms with Crippen LogP contribution < -0.4 is 15.8 Å². The van der Waals surface area contributed by atoms with Crippen molar-refractivity contribution in [3.8, 4) is 5.75 Å². The minimum absolute atomic E-state index is 0.113. The number of hydrogen-bond donors (Lipinski definition) is 2. The third-order valence-electron chi connectivity index (χ3n) is 3.18. The van der Waals surface area contributed by atoms with Crippen LogP contribution in [0.15, 0.2) is 12.1 Å². The summed E-state index contributed by atoms with van der Waals surface area (Å²) in [5, 5.41) is 2.81. The van der Waals surface area contributed by atoms with Gasteiger partial charge in [-0.25, -0.2) is 0 Å². The Hall–Kier alpha value is -1.55. The highest BCUT2D eigenvalue weighted by Gasteiger charge is 2.08. The van der Waals surface area contributed by atoms with E-state index in [9.17, 15) is 4.79 Å². The van der Waals surface area contributed by atoms with Crippen LogP contribution in [0, 0.1) is 13.8 Å². The molecule has 1 aromatic carbocycles. The fraction of sp³-hybridized carbons (Fsp3) is 0.500. The Labute approximate surface area is 109 Å². The Balaban J connectivity index is 2.64. The zero-order chi connectivity index (χ0) is 13.7. The molecule has 1 aromatic rings. The van der Waals surface area contributed by atoms with Crippen molar-refractivity contribution in [3.05, 3.63) is 28.8 Å². The molecule has 1 atom stereocenters. The molecule has 18 heavy (non-hydrogen) atoms. The van der Waals surface area contributed by atoms with Gasteiger partial charge in [-0.05, 0) is 49.9 Å². The molecule has 0 radical (unpaired) electrons. The van der Waals surface area contributed by atoms with Gasteiger partial charge in [0.05, 0.1) is 13.2 Å². The second-order valence-corrected chi connectivity index (χ2v) is 4.51. The van der Waals surface area contributed by atoms with E-state index in [1.54, 1.807) is 14.0 Å². The standard InChI is InChI=1S/C14H22N2O2/c1-9-10(2)13(18-4)6-5-12(9)7-8-16-14(17)11(3)15/h5-6,11H,7-8,15H2,1-4H3,(H,16,17). The van der Waals surface area contributed by atoms with Crippen LogP contribution in [0.5, 0.6) is 5.75 Å². The number of nitrogens with one attached hydrogen (secondary N) is 1. The van der Waals surface area contributed by atoms with E-state index < -0.39 is 6.04 Å². The van der Waals surface area contributed by atoms with Gasteiger partial charge in [0.2, 0.25) is 5.91 Å². The van der Waals surface area contributed by atoms with E-state index in [1.165, 1.54) is 11.1 Å². The largest absolute Gasteiger partial charge is 0.496 e. The van der Waals surface area contributed by atoms with Crippen LogP contribution in [-0.4, -0.2) is 25.6 Å². The molecule has 0 bridgehead atoms. The van der Waals surface area contributed by atoms with Gasteiger partial charge in [0.25, 0.3) is 0 Å². The minimum atomic E-state index is -0.455. The van der Waals surface area contributed by atoms with E-state index in [2.05, 4.69) is 12.2 Å². The molecule has 0 aromatic heterocycles. The average molecular weight is 250 g/mol. The minimum Gasteiger partial charge on any atom is -0.496 e. The first-order valence-corrected chi connectivity index (χ1v) is 6.13. The molecule has 4 nitrogen and oxygen atoms in total. The lowest BCUT2D eigenvalue weighted by molar-refractivity contribution is -0.121. The summed E-state index contributed by atoms with van der Waals surface area (Å²) in [5.74, 6) is 0.786. The van der Waals surface area contributed by atoms with Crippen LogP contribution in [-0.2, 0) is 11.2 Å². The molecule has 0 heterocycles. The third kappa shape index (κ3) is 3.47. The average Bonchev–Trinajstić information content (AvgIpc) is 2.34. The Morgan fingerprint density at radius 3 is 2.61 bits per heavy atom. The lowest BCUT2D eigenvalue weighted by atomic mass is 10.00. The molecule has 0 aliphatic rings. The van der Waals surface area contributed by atoms with E-state index in [-0.39, 0.29) is 5.91 Å². The van der Waals surface area contributed by atoms with Crippen molar-refractivity contribution in [2.24, 2.45) is 5.73 Å². The van der Waals surface area contributed by atoms with Crippen LogP contribution in [0.25, 0.3) is 0 Å². The zero-order valence-electron chi connectivity index (χ0n) is 11.5. The maximum atomic E-state index is 11.3. The predicted octanol–water partition coefficient (Wildman–Crippen LogP) is 1.32. The fourth-order valence-corrected chi connectivity index (χ4v) is 1.83. The van der Waals surface area contributed by atoms with Crippen LogP contribution in [0.2, 0.25) is 0 Å². The first kappa shape index (κ1) is 14.5. The van der Waals surface area contributed by atoms with Gasteiger partial charge in [0.1, 0.15) is 5.75 Å². The van der Waals surface area contributed by atoms with E-state index >= 15 is 0 Å². The smallest absolute Gasteiger partial charge is 0.236 e. The number of benzene rings is 1. The normalized spacial score (nSPS) is 12.1. The number of rotatable bonds is 5. The first-order valence-electron chi connectivity index (χ1n) is 6.13. The number of nitrogens with two attached hydrogens (primary N) is 1. The van der Waals surface area contributed by atoms with Crippen LogP contribution in [0.4, 0.5) is 0 Å². The molecule has 0 aliphatic carbocycles. The van der Waals surface area contributed by atoms with Gasteiger partial charge in [-0.3, -0.25) is 4.79 Å². The summed E-state index contributed by atoms with van der Waals surface area (Å²) in [6.45, 7) is 6.39. The molecular formula is C14H22N2O2. The van der Waals surface area contributed by atoms with Gasteiger partial charge in [-0.1, -0.05) is 6.07 Å². The van der Waals surface area contributed by atoms with Crippen molar-refractivity contribution in [1.29, 1.82) is 0 Å². The molecule has 3 N–H and O–H groups in total. The molecule has 1 rings (SSSR count). The molecule has 1 unspecified atom stereocenters. The number of carbonyl (C=O) groups excluding carboxylic acids is 1. The summed E-state index contributed by atoms with van der Waals surface area (Å²) < 4.78 is 5.27. The second-order valence-electron chi connectivity index (χ2n) is 4.51. The number of amides is 1.